The third-order valence-corrected chi connectivity index (χ3v) is 5.38. The normalized spacial score (nSPS) is 13.1. The smallest absolute Gasteiger partial charge is 0.244 e. The van der Waals surface area contributed by atoms with Gasteiger partial charge in [-0.3, -0.25) is 0 Å². The predicted molar refractivity (Wildman–Crippen MR) is 89.1 cm³/mol. The van der Waals surface area contributed by atoms with E-state index in [2.05, 4.69) is 15.1 Å². The third-order valence-electron chi connectivity index (χ3n) is 3.89. The van der Waals surface area contributed by atoms with Gasteiger partial charge < -0.3 is 9.09 Å². The maximum Gasteiger partial charge on any atom is 0.244 e. The molecule has 1 unspecified atom stereocenters. The number of benzene rings is 1. The summed E-state index contributed by atoms with van der Waals surface area (Å²) >= 11 is 0. The van der Waals surface area contributed by atoms with Crippen molar-refractivity contribution >= 4 is 9.84 Å². The second kappa shape index (κ2) is 6.20. The molecule has 2 heterocycles. The van der Waals surface area contributed by atoms with Crippen LogP contribution in [-0.2, 0) is 16.4 Å². The summed E-state index contributed by atoms with van der Waals surface area (Å²) in [6.07, 6.45) is 4.83. The maximum absolute atomic E-state index is 11.6. The standard InChI is InChI=1S/C16H18N4O3S/c1-11(24(3,21)22)16-18-15(19-23-16)14-6-4-5-13(9-14)10-20-8-7-17-12(20)2/h4-9,11H,10H2,1-3H3. The van der Waals surface area contributed by atoms with Crippen LogP contribution in [0.3, 0.4) is 0 Å². The number of rotatable bonds is 5. The van der Waals surface area contributed by atoms with E-state index < -0.39 is 15.1 Å². The number of sulfone groups is 1. The van der Waals surface area contributed by atoms with Crippen LogP contribution in [0, 0.1) is 6.92 Å². The van der Waals surface area contributed by atoms with Gasteiger partial charge in [0.1, 0.15) is 11.1 Å². The van der Waals surface area contributed by atoms with E-state index in [-0.39, 0.29) is 5.89 Å². The molecule has 126 valence electrons. The lowest BCUT2D eigenvalue weighted by molar-refractivity contribution is 0.377. The van der Waals surface area contributed by atoms with Crippen LogP contribution in [0.25, 0.3) is 11.4 Å². The molecule has 1 atom stereocenters. The summed E-state index contributed by atoms with van der Waals surface area (Å²) in [4.78, 5) is 8.43. The maximum atomic E-state index is 11.6. The molecule has 0 N–H and O–H groups in total. The molecule has 24 heavy (non-hydrogen) atoms. The van der Waals surface area contributed by atoms with Crippen LogP contribution < -0.4 is 0 Å². The van der Waals surface area contributed by atoms with Crippen molar-refractivity contribution in [2.45, 2.75) is 25.6 Å². The molecule has 0 spiro atoms. The number of hydrogen-bond donors (Lipinski definition) is 0. The number of nitrogens with zero attached hydrogens (tertiary/aromatic N) is 4. The molecule has 0 aliphatic carbocycles. The minimum Gasteiger partial charge on any atom is -0.338 e. The minimum absolute atomic E-state index is 0.100. The van der Waals surface area contributed by atoms with Crippen molar-refractivity contribution in [2.75, 3.05) is 6.26 Å². The molecule has 7 nitrogen and oxygen atoms in total. The molecule has 8 heteroatoms. The largest absolute Gasteiger partial charge is 0.338 e. The summed E-state index contributed by atoms with van der Waals surface area (Å²) in [5.74, 6) is 1.41. The molecule has 1 aromatic carbocycles. The summed E-state index contributed by atoms with van der Waals surface area (Å²) in [6.45, 7) is 4.16. The summed E-state index contributed by atoms with van der Waals surface area (Å²) in [6, 6.07) is 7.74. The third kappa shape index (κ3) is 3.38. The lowest BCUT2D eigenvalue weighted by Gasteiger charge is -2.06. The average molecular weight is 346 g/mol. The Morgan fingerprint density at radius 3 is 2.79 bits per heavy atom. The molecule has 0 saturated heterocycles. The van der Waals surface area contributed by atoms with E-state index in [9.17, 15) is 8.42 Å². The van der Waals surface area contributed by atoms with Gasteiger partial charge in [-0.25, -0.2) is 13.4 Å². The zero-order valence-corrected chi connectivity index (χ0v) is 14.5. The Balaban J connectivity index is 1.87. The highest BCUT2D eigenvalue weighted by Crippen LogP contribution is 2.23. The van der Waals surface area contributed by atoms with Gasteiger partial charge in [0.05, 0.1) is 0 Å². The fraction of sp³-hybridized carbons (Fsp3) is 0.312. The fourth-order valence-corrected chi connectivity index (χ4v) is 2.74. The number of aryl methyl sites for hydroxylation is 1. The Morgan fingerprint density at radius 1 is 1.33 bits per heavy atom. The van der Waals surface area contributed by atoms with Gasteiger partial charge in [0, 0.05) is 30.8 Å². The lowest BCUT2D eigenvalue weighted by Crippen LogP contribution is -2.07. The zero-order chi connectivity index (χ0) is 17.3. The molecule has 0 bridgehead atoms. The molecular weight excluding hydrogens is 328 g/mol. The van der Waals surface area contributed by atoms with E-state index in [1.807, 2.05) is 42.0 Å². The summed E-state index contributed by atoms with van der Waals surface area (Å²) in [7, 11) is -3.28. The van der Waals surface area contributed by atoms with Crippen molar-refractivity contribution in [1.29, 1.82) is 0 Å². The molecule has 2 aromatic heterocycles. The number of imidazole rings is 1. The average Bonchev–Trinajstić information content (AvgIpc) is 3.16. The first-order chi connectivity index (χ1) is 11.3. The van der Waals surface area contributed by atoms with Crippen molar-refractivity contribution in [3.63, 3.8) is 0 Å². The van der Waals surface area contributed by atoms with Crippen molar-refractivity contribution < 1.29 is 12.9 Å². The van der Waals surface area contributed by atoms with E-state index in [0.717, 1.165) is 23.2 Å². The molecule has 0 fully saturated rings. The molecular formula is C16H18N4O3S. The molecule has 0 saturated carbocycles. The highest BCUT2D eigenvalue weighted by molar-refractivity contribution is 7.90. The second-order valence-corrected chi connectivity index (χ2v) is 8.10. The van der Waals surface area contributed by atoms with Crippen LogP contribution in [0.5, 0.6) is 0 Å². The molecule has 0 amide bonds. The Kier molecular flexibility index (Phi) is 4.23. The first-order valence-corrected chi connectivity index (χ1v) is 9.39. The number of hydrogen-bond acceptors (Lipinski definition) is 6. The van der Waals surface area contributed by atoms with E-state index in [1.165, 1.54) is 6.92 Å². The minimum atomic E-state index is -3.28. The van der Waals surface area contributed by atoms with Crippen LogP contribution in [0.2, 0.25) is 0 Å². The van der Waals surface area contributed by atoms with Crippen LogP contribution in [0.15, 0.2) is 41.2 Å². The van der Waals surface area contributed by atoms with Gasteiger partial charge >= 0.3 is 0 Å². The van der Waals surface area contributed by atoms with Crippen LogP contribution >= 0.6 is 0 Å². The van der Waals surface area contributed by atoms with E-state index in [1.54, 1.807) is 6.20 Å². The van der Waals surface area contributed by atoms with Gasteiger partial charge in [-0.15, -0.1) is 0 Å². The predicted octanol–water partition coefficient (Wildman–Crippen LogP) is 2.40. The summed E-state index contributed by atoms with van der Waals surface area (Å²) < 4.78 is 30.4. The molecule has 0 aliphatic rings. The highest BCUT2D eigenvalue weighted by atomic mass is 32.2. The lowest BCUT2D eigenvalue weighted by atomic mass is 10.1. The van der Waals surface area contributed by atoms with Gasteiger partial charge in [-0.2, -0.15) is 4.98 Å². The number of aromatic nitrogens is 4. The van der Waals surface area contributed by atoms with Crippen LogP contribution in [0.4, 0.5) is 0 Å². The van der Waals surface area contributed by atoms with Crippen LogP contribution in [0.1, 0.15) is 29.5 Å². The quantitative estimate of drug-likeness (QED) is 0.704. The van der Waals surface area contributed by atoms with E-state index >= 15 is 0 Å². The van der Waals surface area contributed by atoms with Gasteiger partial charge in [0.25, 0.3) is 0 Å². The Bertz CT molecular complexity index is 959. The Hall–Kier alpha value is -2.48. The van der Waals surface area contributed by atoms with Gasteiger partial charge in [0.15, 0.2) is 9.84 Å². The Morgan fingerprint density at radius 2 is 2.12 bits per heavy atom. The van der Waals surface area contributed by atoms with E-state index in [4.69, 9.17) is 4.52 Å². The van der Waals surface area contributed by atoms with Crippen LogP contribution in [-0.4, -0.2) is 34.4 Å². The van der Waals surface area contributed by atoms with Gasteiger partial charge in [-0.1, -0.05) is 23.4 Å². The summed E-state index contributed by atoms with van der Waals surface area (Å²) in [5.41, 5.74) is 1.84. The summed E-state index contributed by atoms with van der Waals surface area (Å²) in [5, 5.41) is 3.08. The van der Waals surface area contributed by atoms with Crippen molar-refractivity contribution in [3.05, 3.63) is 53.9 Å². The highest BCUT2D eigenvalue weighted by Gasteiger charge is 2.24. The first kappa shape index (κ1) is 16.4. The van der Waals surface area contributed by atoms with Crippen molar-refractivity contribution in [1.82, 2.24) is 19.7 Å². The van der Waals surface area contributed by atoms with Gasteiger partial charge in [-0.05, 0) is 25.5 Å². The SMILES string of the molecule is Cc1nccn1Cc1cccc(-c2noc(C(C)S(C)(=O)=O)n2)c1. The zero-order valence-electron chi connectivity index (χ0n) is 13.7. The van der Waals surface area contributed by atoms with Crippen molar-refractivity contribution in [3.8, 4) is 11.4 Å². The fourth-order valence-electron chi connectivity index (χ4n) is 2.28. The molecule has 3 rings (SSSR count). The molecule has 0 radical (unpaired) electrons. The Labute approximate surface area is 140 Å². The molecule has 3 aromatic rings. The van der Waals surface area contributed by atoms with Crippen molar-refractivity contribution in [2.24, 2.45) is 0 Å². The molecule has 0 aliphatic heterocycles. The topological polar surface area (TPSA) is 90.9 Å². The van der Waals surface area contributed by atoms with E-state index in [0.29, 0.717) is 12.4 Å². The monoisotopic (exact) mass is 346 g/mol. The first-order valence-electron chi connectivity index (χ1n) is 7.44. The second-order valence-electron chi connectivity index (χ2n) is 5.73. The van der Waals surface area contributed by atoms with Gasteiger partial charge in [0.2, 0.25) is 11.7 Å².